The van der Waals surface area contributed by atoms with Gasteiger partial charge >= 0.3 is 6.03 Å². The largest absolute Gasteiger partial charge is 0.392 e. The number of imidazole rings is 1. The van der Waals surface area contributed by atoms with Crippen LogP contribution in [0.3, 0.4) is 0 Å². The highest BCUT2D eigenvalue weighted by Gasteiger charge is 2.12. The Labute approximate surface area is 216 Å². The minimum absolute atomic E-state index is 0.269. The number of aliphatic hydroxyl groups excluding tert-OH is 1. The fourth-order valence-electron chi connectivity index (χ4n) is 3.12. The third kappa shape index (κ3) is 6.20. The summed E-state index contributed by atoms with van der Waals surface area (Å²) in [5.41, 5.74) is 1.71. The molecular weight excluding hydrogens is 513 g/mol. The lowest BCUT2D eigenvalue weighted by molar-refractivity contribution is 0.208. The van der Waals surface area contributed by atoms with Crippen molar-refractivity contribution < 1.29 is 9.90 Å². The molecule has 0 aliphatic rings. The monoisotopic (exact) mass is 531 g/mol. The standard InChI is InChI=1S/C23H20Cl3N7O2/c1-13(34)12-29-22-28-7-6-20(32-22)33-9-8-27-21(33)14-2-4-15(5-3-14)30-23(35)31-19-11-17(25)16(24)10-18(19)26/h2-11,13,34H,12H2,1H3,(H,28,29,32)(H2,30,31,35)/t13-/m0/s1. The summed E-state index contributed by atoms with van der Waals surface area (Å²) in [5.74, 6) is 1.67. The second-order valence-electron chi connectivity index (χ2n) is 7.49. The summed E-state index contributed by atoms with van der Waals surface area (Å²) in [4.78, 5) is 25.5. The first-order valence-corrected chi connectivity index (χ1v) is 11.5. The summed E-state index contributed by atoms with van der Waals surface area (Å²) < 4.78 is 1.82. The van der Waals surface area contributed by atoms with Gasteiger partial charge in [-0.1, -0.05) is 34.8 Å². The van der Waals surface area contributed by atoms with Crippen LogP contribution in [-0.2, 0) is 0 Å². The molecule has 0 unspecified atom stereocenters. The Morgan fingerprint density at radius 1 is 1.00 bits per heavy atom. The Kier molecular flexibility index (Phi) is 7.72. The minimum atomic E-state index is -0.527. The molecule has 2 heterocycles. The van der Waals surface area contributed by atoms with Crippen LogP contribution in [0.5, 0.6) is 0 Å². The number of nitrogens with one attached hydrogen (secondary N) is 3. The van der Waals surface area contributed by atoms with E-state index < -0.39 is 12.1 Å². The lowest BCUT2D eigenvalue weighted by Gasteiger charge is -2.12. The Morgan fingerprint density at radius 3 is 2.49 bits per heavy atom. The fraction of sp³-hybridized carbons (Fsp3) is 0.130. The zero-order valence-corrected chi connectivity index (χ0v) is 20.6. The van der Waals surface area contributed by atoms with Crippen LogP contribution in [0.1, 0.15) is 6.92 Å². The van der Waals surface area contributed by atoms with E-state index in [1.54, 1.807) is 43.7 Å². The molecule has 0 fully saturated rings. The number of aromatic nitrogens is 4. The average molecular weight is 533 g/mol. The molecule has 4 rings (SSSR count). The predicted molar refractivity (Wildman–Crippen MR) is 139 cm³/mol. The van der Waals surface area contributed by atoms with E-state index in [9.17, 15) is 9.90 Å². The van der Waals surface area contributed by atoms with Crippen molar-refractivity contribution >= 4 is 58.2 Å². The second-order valence-corrected chi connectivity index (χ2v) is 8.71. The van der Waals surface area contributed by atoms with Crippen LogP contribution < -0.4 is 16.0 Å². The first kappa shape index (κ1) is 24.7. The molecule has 0 spiro atoms. The molecule has 0 radical (unpaired) electrons. The van der Waals surface area contributed by atoms with Crippen molar-refractivity contribution in [3.8, 4) is 17.2 Å². The van der Waals surface area contributed by atoms with Crippen LogP contribution in [0.4, 0.5) is 22.1 Å². The molecule has 2 aromatic carbocycles. The Hall–Kier alpha value is -3.37. The highest BCUT2D eigenvalue weighted by Crippen LogP contribution is 2.32. The Balaban J connectivity index is 1.47. The third-order valence-corrected chi connectivity index (χ3v) is 5.78. The number of aliphatic hydroxyl groups is 1. The molecule has 2 amide bonds. The van der Waals surface area contributed by atoms with Gasteiger partial charge in [0.15, 0.2) is 0 Å². The van der Waals surface area contributed by atoms with Crippen LogP contribution in [0.15, 0.2) is 61.1 Å². The van der Waals surface area contributed by atoms with E-state index in [0.717, 1.165) is 5.56 Å². The number of amides is 2. The second kappa shape index (κ2) is 10.9. The number of hydrogen-bond acceptors (Lipinski definition) is 6. The summed E-state index contributed by atoms with van der Waals surface area (Å²) in [6.07, 6.45) is 4.56. The van der Waals surface area contributed by atoms with Crippen molar-refractivity contribution in [3.05, 3.63) is 76.1 Å². The normalized spacial score (nSPS) is 11.7. The number of carbonyl (C=O) groups is 1. The molecule has 0 bridgehead atoms. The van der Waals surface area contributed by atoms with Gasteiger partial charge in [0, 0.05) is 36.4 Å². The van der Waals surface area contributed by atoms with Gasteiger partial charge < -0.3 is 21.1 Å². The molecule has 4 N–H and O–H groups in total. The van der Waals surface area contributed by atoms with Gasteiger partial charge in [0.2, 0.25) is 5.95 Å². The van der Waals surface area contributed by atoms with E-state index in [1.807, 2.05) is 16.7 Å². The van der Waals surface area contributed by atoms with E-state index in [2.05, 4.69) is 30.9 Å². The van der Waals surface area contributed by atoms with Gasteiger partial charge in [-0.25, -0.2) is 14.8 Å². The first-order chi connectivity index (χ1) is 16.8. The van der Waals surface area contributed by atoms with Gasteiger partial charge in [0.05, 0.1) is 26.9 Å². The summed E-state index contributed by atoms with van der Waals surface area (Å²) in [7, 11) is 0. The summed E-state index contributed by atoms with van der Waals surface area (Å²) in [6, 6.07) is 11.4. The SMILES string of the molecule is C[C@H](O)CNc1nccc(-n2ccnc2-c2ccc(NC(=O)Nc3cc(Cl)c(Cl)cc3Cl)cc2)n1. The summed E-state index contributed by atoms with van der Waals surface area (Å²) >= 11 is 18.0. The van der Waals surface area contributed by atoms with Crippen LogP contribution in [0.2, 0.25) is 15.1 Å². The molecule has 12 heteroatoms. The van der Waals surface area contributed by atoms with E-state index >= 15 is 0 Å². The van der Waals surface area contributed by atoms with Gasteiger partial charge in [-0.3, -0.25) is 4.57 Å². The maximum atomic E-state index is 12.4. The van der Waals surface area contributed by atoms with E-state index in [0.29, 0.717) is 40.5 Å². The number of halogens is 3. The van der Waals surface area contributed by atoms with Crippen molar-refractivity contribution in [3.63, 3.8) is 0 Å². The highest BCUT2D eigenvalue weighted by atomic mass is 35.5. The molecule has 4 aromatic rings. The number of rotatable bonds is 7. The van der Waals surface area contributed by atoms with E-state index in [-0.39, 0.29) is 10.0 Å². The van der Waals surface area contributed by atoms with Crippen molar-refractivity contribution in [2.24, 2.45) is 0 Å². The molecule has 180 valence electrons. The summed E-state index contributed by atoms with van der Waals surface area (Å²) in [5, 5.41) is 18.7. The lowest BCUT2D eigenvalue weighted by Crippen LogP contribution is -2.19. The fourth-order valence-corrected chi connectivity index (χ4v) is 3.71. The number of benzene rings is 2. The van der Waals surface area contributed by atoms with Gasteiger partial charge in [0.1, 0.15) is 11.6 Å². The molecule has 2 aromatic heterocycles. The van der Waals surface area contributed by atoms with E-state index in [4.69, 9.17) is 34.8 Å². The molecule has 35 heavy (non-hydrogen) atoms. The van der Waals surface area contributed by atoms with Crippen LogP contribution in [-0.4, -0.2) is 43.3 Å². The number of anilines is 3. The van der Waals surface area contributed by atoms with Crippen LogP contribution in [0.25, 0.3) is 17.2 Å². The minimum Gasteiger partial charge on any atom is -0.392 e. The molecule has 0 saturated heterocycles. The van der Waals surface area contributed by atoms with Gasteiger partial charge in [0.25, 0.3) is 0 Å². The van der Waals surface area contributed by atoms with Crippen molar-refractivity contribution in [2.75, 3.05) is 22.5 Å². The maximum Gasteiger partial charge on any atom is 0.323 e. The van der Waals surface area contributed by atoms with Crippen molar-refractivity contribution in [1.29, 1.82) is 0 Å². The Morgan fingerprint density at radius 2 is 1.74 bits per heavy atom. The zero-order valence-electron chi connectivity index (χ0n) is 18.3. The number of carbonyl (C=O) groups excluding carboxylic acids is 1. The van der Waals surface area contributed by atoms with Crippen molar-refractivity contribution in [1.82, 2.24) is 19.5 Å². The first-order valence-electron chi connectivity index (χ1n) is 10.4. The highest BCUT2D eigenvalue weighted by molar-refractivity contribution is 6.44. The number of urea groups is 1. The van der Waals surface area contributed by atoms with Crippen LogP contribution >= 0.6 is 34.8 Å². The topological polar surface area (TPSA) is 117 Å². The maximum absolute atomic E-state index is 12.4. The number of hydrogen-bond donors (Lipinski definition) is 4. The molecule has 9 nitrogen and oxygen atoms in total. The zero-order chi connectivity index (χ0) is 24.9. The molecule has 0 saturated carbocycles. The van der Waals surface area contributed by atoms with Crippen molar-refractivity contribution in [2.45, 2.75) is 13.0 Å². The van der Waals surface area contributed by atoms with Gasteiger partial charge in [-0.15, -0.1) is 0 Å². The predicted octanol–water partition coefficient (Wildman–Crippen LogP) is 5.73. The lowest BCUT2D eigenvalue weighted by atomic mass is 10.2. The molecule has 0 aliphatic carbocycles. The average Bonchev–Trinajstić information content (AvgIpc) is 3.32. The smallest absolute Gasteiger partial charge is 0.323 e. The van der Waals surface area contributed by atoms with E-state index in [1.165, 1.54) is 12.1 Å². The summed E-state index contributed by atoms with van der Waals surface area (Å²) in [6.45, 7) is 2.01. The molecule has 1 atom stereocenters. The number of nitrogens with zero attached hydrogens (tertiary/aromatic N) is 4. The quantitative estimate of drug-likeness (QED) is 0.226. The molecular formula is C23H20Cl3N7O2. The van der Waals surface area contributed by atoms with Gasteiger partial charge in [-0.2, -0.15) is 4.98 Å². The van der Waals surface area contributed by atoms with Crippen LogP contribution in [0, 0.1) is 0 Å². The van der Waals surface area contributed by atoms with Gasteiger partial charge in [-0.05, 0) is 49.4 Å². The Bertz CT molecular complexity index is 1340. The molecule has 0 aliphatic heterocycles. The third-order valence-electron chi connectivity index (χ3n) is 4.74.